The lowest BCUT2D eigenvalue weighted by atomic mass is 9.81. The minimum Gasteiger partial charge on any atom is -0.481 e. The van der Waals surface area contributed by atoms with Crippen LogP contribution in [0, 0.1) is 11.3 Å². The van der Waals surface area contributed by atoms with E-state index in [1.165, 1.54) is 6.20 Å². The monoisotopic (exact) mass is 267 g/mol. The first-order valence-corrected chi connectivity index (χ1v) is 6.71. The number of aliphatic carboxylic acids is 1. The molecule has 2 heterocycles. The lowest BCUT2D eigenvalue weighted by Gasteiger charge is -2.22. The molecular weight excluding hydrogens is 254 g/mol. The second kappa shape index (κ2) is 4.01. The molecule has 2 fully saturated rings. The Morgan fingerprint density at radius 2 is 2.39 bits per heavy atom. The molecule has 2 atom stereocenters. The molecule has 6 nitrogen and oxygen atoms in total. The molecule has 1 amide bonds. The summed E-state index contributed by atoms with van der Waals surface area (Å²) < 4.78 is 3.67. The van der Waals surface area contributed by atoms with Crippen LogP contribution in [0.4, 0.5) is 0 Å². The molecule has 2 aliphatic rings. The standard InChI is InChI=1S/C11H13N3O3S/c15-9(8-4-12-13-18-8)14-5-7-2-1-3-11(7,6-14)10(16)17/h4,7H,1-3,5-6H2,(H,16,17)/t7-,11+/m0/s1. The third kappa shape index (κ3) is 1.53. The number of rotatable bonds is 2. The van der Waals surface area contributed by atoms with E-state index in [9.17, 15) is 14.7 Å². The Kier molecular flexibility index (Phi) is 2.58. The molecule has 1 aliphatic heterocycles. The predicted octanol–water partition coefficient (Wildman–Crippen LogP) is 0.865. The van der Waals surface area contributed by atoms with E-state index in [-0.39, 0.29) is 11.8 Å². The van der Waals surface area contributed by atoms with Crippen LogP contribution in [0.15, 0.2) is 6.20 Å². The normalized spacial score (nSPS) is 30.4. The summed E-state index contributed by atoms with van der Waals surface area (Å²) in [4.78, 5) is 25.8. The van der Waals surface area contributed by atoms with Gasteiger partial charge < -0.3 is 10.0 Å². The summed E-state index contributed by atoms with van der Waals surface area (Å²) >= 11 is 1.05. The summed E-state index contributed by atoms with van der Waals surface area (Å²) in [5.74, 6) is -0.803. The van der Waals surface area contributed by atoms with Crippen LogP contribution in [0.1, 0.15) is 28.9 Å². The number of carbonyl (C=O) groups is 2. The summed E-state index contributed by atoms with van der Waals surface area (Å²) in [6.45, 7) is 0.868. The topological polar surface area (TPSA) is 83.4 Å². The lowest BCUT2D eigenvalue weighted by molar-refractivity contribution is -0.149. The maximum absolute atomic E-state index is 12.2. The van der Waals surface area contributed by atoms with Gasteiger partial charge in [-0.1, -0.05) is 10.9 Å². The Hall–Kier alpha value is -1.50. The highest BCUT2D eigenvalue weighted by molar-refractivity contribution is 7.07. The average molecular weight is 267 g/mol. The van der Waals surface area contributed by atoms with Crippen LogP contribution < -0.4 is 0 Å². The molecule has 7 heteroatoms. The van der Waals surface area contributed by atoms with Crippen LogP contribution in [0.3, 0.4) is 0 Å². The summed E-state index contributed by atoms with van der Waals surface area (Å²) in [7, 11) is 0. The lowest BCUT2D eigenvalue weighted by Crippen LogP contribution is -2.37. The molecule has 3 rings (SSSR count). The summed E-state index contributed by atoms with van der Waals surface area (Å²) in [5.41, 5.74) is -0.715. The van der Waals surface area contributed by atoms with E-state index in [1.54, 1.807) is 4.90 Å². The van der Waals surface area contributed by atoms with Crippen LogP contribution >= 0.6 is 11.5 Å². The minimum atomic E-state index is -0.761. The second-order valence-corrected chi connectivity index (χ2v) is 5.80. The summed E-state index contributed by atoms with van der Waals surface area (Å²) in [5, 5.41) is 13.1. The molecule has 1 aromatic heterocycles. The van der Waals surface area contributed by atoms with E-state index < -0.39 is 11.4 Å². The van der Waals surface area contributed by atoms with Crippen LogP contribution in [-0.4, -0.2) is 44.6 Å². The van der Waals surface area contributed by atoms with E-state index in [4.69, 9.17) is 0 Å². The fraction of sp³-hybridized carbons (Fsp3) is 0.636. The molecule has 18 heavy (non-hydrogen) atoms. The van der Waals surface area contributed by atoms with Crippen molar-refractivity contribution in [2.45, 2.75) is 19.3 Å². The van der Waals surface area contributed by atoms with Crippen molar-refractivity contribution >= 4 is 23.4 Å². The van der Waals surface area contributed by atoms with Crippen molar-refractivity contribution in [1.82, 2.24) is 14.5 Å². The molecule has 0 aromatic carbocycles. The highest BCUT2D eigenvalue weighted by atomic mass is 32.1. The van der Waals surface area contributed by atoms with E-state index in [0.717, 1.165) is 24.4 Å². The Bertz CT molecular complexity index is 490. The van der Waals surface area contributed by atoms with Crippen molar-refractivity contribution in [2.24, 2.45) is 11.3 Å². The smallest absolute Gasteiger partial charge is 0.311 e. The van der Waals surface area contributed by atoms with Gasteiger partial charge in [-0.2, -0.15) is 0 Å². The van der Waals surface area contributed by atoms with Gasteiger partial charge in [0.15, 0.2) is 0 Å². The molecule has 1 aliphatic carbocycles. The summed E-state index contributed by atoms with van der Waals surface area (Å²) in [6.07, 6.45) is 3.96. The van der Waals surface area contributed by atoms with Crippen LogP contribution in [0.25, 0.3) is 0 Å². The average Bonchev–Trinajstić information content (AvgIpc) is 3.03. The summed E-state index contributed by atoms with van der Waals surface area (Å²) in [6, 6.07) is 0. The number of carbonyl (C=O) groups excluding carboxylic acids is 1. The number of aromatic nitrogens is 2. The molecule has 1 saturated heterocycles. The molecule has 1 saturated carbocycles. The van der Waals surface area contributed by atoms with E-state index in [0.29, 0.717) is 24.4 Å². The van der Waals surface area contributed by atoms with Gasteiger partial charge in [0.25, 0.3) is 5.91 Å². The van der Waals surface area contributed by atoms with Crippen molar-refractivity contribution in [2.75, 3.05) is 13.1 Å². The number of nitrogens with zero attached hydrogens (tertiary/aromatic N) is 3. The fourth-order valence-corrected chi connectivity index (χ4v) is 3.69. The van der Waals surface area contributed by atoms with Crippen molar-refractivity contribution in [3.05, 3.63) is 11.1 Å². The first-order chi connectivity index (χ1) is 8.63. The van der Waals surface area contributed by atoms with Gasteiger partial charge in [0.2, 0.25) is 0 Å². The minimum absolute atomic E-state index is 0.0971. The SMILES string of the molecule is O=C(c1cnns1)N1C[C@@H]2CCC[C@@]2(C(=O)O)C1. The number of hydrogen-bond donors (Lipinski definition) is 1. The first kappa shape index (κ1) is 11.6. The predicted molar refractivity (Wildman–Crippen MR) is 63.2 cm³/mol. The number of amides is 1. The van der Waals surface area contributed by atoms with Gasteiger partial charge in [0, 0.05) is 13.1 Å². The van der Waals surface area contributed by atoms with Crippen molar-refractivity contribution in [3.8, 4) is 0 Å². The van der Waals surface area contributed by atoms with E-state index in [2.05, 4.69) is 9.59 Å². The second-order valence-electron chi connectivity index (χ2n) is 5.02. The van der Waals surface area contributed by atoms with Gasteiger partial charge in [-0.3, -0.25) is 9.59 Å². The third-order valence-electron chi connectivity index (χ3n) is 4.16. The molecule has 0 unspecified atom stereocenters. The van der Waals surface area contributed by atoms with Gasteiger partial charge in [-0.15, -0.1) is 5.10 Å². The van der Waals surface area contributed by atoms with Crippen molar-refractivity contribution in [3.63, 3.8) is 0 Å². The number of likely N-dealkylation sites (tertiary alicyclic amines) is 1. The van der Waals surface area contributed by atoms with Crippen molar-refractivity contribution in [1.29, 1.82) is 0 Å². The number of hydrogen-bond acceptors (Lipinski definition) is 5. The maximum Gasteiger partial charge on any atom is 0.311 e. The Balaban J connectivity index is 1.83. The molecule has 1 N–H and O–H groups in total. The Morgan fingerprint density at radius 3 is 3.00 bits per heavy atom. The Labute approximate surface area is 108 Å². The van der Waals surface area contributed by atoms with Gasteiger partial charge in [-0.05, 0) is 30.3 Å². The zero-order chi connectivity index (χ0) is 12.8. The zero-order valence-corrected chi connectivity index (χ0v) is 10.5. The van der Waals surface area contributed by atoms with Gasteiger partial charge in [0.1, 0.15) is 4.88 Å². The highest BCUT2D eigenvalue weighted by Gasteiger charge is 2.55. The molecular formula is C11H13N3O3S. The molecule has 96 valence electrons. The van der Waals surface area contributed by atoms with Crippen LogP contribution in [-0.2, 0) is 4.79 Å². The van der Waals surface area contributed by atoms with Gasteiger partial charge in [0.05, 0.1) is 11.6 Å². The number of fused-ring (bicyclic) bond motifs is 1. The maximum atomic E-state index is 12.2. The van der Waals surface area contributed by atoms with Crippen LogP contribution in [0.5, 0.6) is 0 Å². The Morgan fingerprint density at radius 1 is 1.56 bits per heavy atom. The molecule has 0 spiro atoms. The number of carboxylic acid groups (broad SMARTS) is 1. The van der Waals surface area contributed by atoms with Gasteiger partial charge in [-0.25, -0.2) is 0 Å². The number of carboxylic acids is 1. The van der Waals surface area contributed by atoms with E-state index >= 15 is 0 Å². The van der Waals surface area contributed by atoms with Crippen molar-refractivity contribution < 1.29 is 14.7 Å². The zero-order valence-electron chi connectivity index (χ0n) is 9.70. The molecule has 1 aromatic rings. The molecule has 0 bridgehead atoms. The molecule has 0 radical (unpaired) electrons. The van der Waals surface area contributed by atoms with Crippen LogP contribution in [0.2, 0.25) is 0 Å². The fourth-order valence-electron chi connectivity index (χ4n) is 3.21. The van der Waals surface area contributed by atoms with E-state index in [1.807, 2.05) is 0 Å². The third-order valence-corrected chi connectivity index (χ3v) is 4.81. The first-order valence-electron chi connectivity index (χ1n) is 5.93. The highest BCUT2D eigenvalue weighted by Crippen LogP contribution is 2.49. The quantitative estimate of drug-likeness (QED) is 0.859. The van der Waals surface area contributed by atoms with Gasteiger partial charge >= 0.3 is 5.97 Å². The largest absolute Gasteiger partial charge is 0.481 e.